The van der Waals surface area contributed by atoms with E-state index >= 15 is 0 Å². The number of urea groups is 1. The van der Waals surface area contributed by atoms with Crippen molar-refractivity contribution in [3.05, 3.63) is 28.2 Å². The third kappa shape index (κ3) is 5.33. The second kappa shape index (κ2) is 8.60. The molecule has 3 N–H and O–H groups in total. The molecule has 0 bridgehead atoms. The normalized spacial score (nSPS) is 10.2. The number of anilines is 1. The smallest absolute Gasteiger partial charge is 0.335 e. The van der Waals surface area contributed by atoms with Crippen LogP contribution in [-0.2, 0) is 4.74 Å². The van der Waals surface area contributed by atoms with Gasteiger partial charge in [0, 0.05) is 24.7 Å². The van der Waals surface area contributed by atoms with Crippen molar-refractivity contribution in [3.63, 3.8) is 0 Å². The molecular formula is C13H17BrN2O5. The van der Waals surface area contributed by atoms with Gasteiger partial charge in [-0.3, -0.25) is 0 Å². The molecule has 2 amide bonds. The van der Waals surface area contributed by atoms with E-state index in [0.29, 0.717) is 23.3 Å². The number of hydrogen-bond acceptors (Lipinski definition) is 4. The quantitative estimate of drug-likeness (QED) is 0.686. The first-order chi connectivity index (χ1) is 9.99. The molecule has 0 aromatic heterocycles. The first kappa shape index (κ1) is 17.4. The molecule has 0 aliphatic carbocycles. The van der Waals surface area contributed by atoms with E-state index in [-0.39, 0.29) is 18.7 Å². The van der Waals surface area contributed by atoms with Crippen LogP contribution in [0.1, 0.15) is 10.4 Å². The van der Waals surface area contributed by atoms with Crippen LogP contribution in [0, 0.1) is 0 Å². The van der Waals surface area contributed by atoms with Gasteiger partial charge in [-0.1, -0.05) is 0 Å². The van der Waals surface area contributed by atoms with Crippen LogP contribution in [0.5, 0.6) is 0 Å². The van der Waals surface area contributed by atoms with Gasteiger partial charge >= 0.3 is 12.0 Å². The molecule has 21 heavy (non-hydrogen) atoms. The molecule has 0 unspecified atom stereocenters. The summed E-state index contributed by atoms with van der Waals surface area (Å²) in [4.78, 5) is 24.3. The van der Waals surface area contributed by atoms with Gasteiger partial charge in [-0.2, -0.15) is 0 Å². The Balaban J connectivity index is 2.78. The largest absolute Gasteiger partial charge is 0.478 e. The van der Waals surface area contributed by atoms with Crippen molar-refractivity contribution >= 4 is 33.6 Å². The van der Waals surface area contributed by atoms with E-state index in [4.69, 9.17) is 14.9 Å². The van der Waals surface area contributed by atoms with Crippen molar-refractivity contribution < 1.29 is 24.5 Å². The van der Waals surface area contributed by atoms with E-state index in [2.05, 4.69) is 21.2 Å². The lowest BCUT2D eigenvalue weighted by atomic mass is 10.2. The van der Waals surface area contributed by atoms with Gasteiger partial charge in [-0.25, -0.2) is 9.59 Å². The lowest BCUT2D eigenvalue weighted by Crippen LogP contribution is -2.39. The Morgan fingerprint density at radius 1 is 1.38 bits per heavy atom. The van der Waals surface area contributed by atoms with Crippen LogP contribution in [0.15, 0.2) is 22.7 Å². The average molecular weight is 361 g/mol. The lowest BCUT2D eigenvalue weighted by Gasteiger charge is -2.22. The molecule has 0 fully saturated rings. The summed E-state index contributed by atoms with van der Waals surface area (Å²) < 4.78 is 5.37. The van der Waals surface area contributed by atoms with Gasteiger partial charge in [0.25, 0.3) is 0 Å². The molecule has 0 saturated heterocycles. The molecule has 0 heterocycles. The second-order valence-electron chi connectivity index (χ2n) is 4.13. The fourth-order valence-corrected chi connectivity index (χ4v) is 2.06. The highest BCUT2D eigenvalue weighted by atomic mass is 79.9. The minimum atomic E-state index is -1.05. The third-order valence-electron chi connectivity index (χ3n) is 2.68. The van der Waals surface area contributed by atoms with E-state index in [1.54, 1.807) is 0 Å². The number of hydrogen-bond donors (Lipinski definition) is 3. The Morgan fingerprint density at radius 2 is 2.10 bits per heavy atom. The molecule has 7 nitrogen and oxygen atoms in total. The van der Waals surface area contributed by atoms with E-state index < -0.39 is 12.0 Å². The Labute approximate surface area is 130 Å². The molecule has 8 heteroatoms. The number of amides is 2. The number of ether oxygens (including phenoxy) is 1. The zero-order valence-electron chi connectivity index (χ0n) is 11.5. The zero-order chi connectivity index (χ0) is 15.8. The maximum absolute atomic E-state index is 12.1. The van der Waals surface area contributed by atoms with Crippen molar-refractivity contribution in [2.24, 2.45) is 0 Å². The third-order valence-corrected chi connectivity index (χ3v) is 3.34. The van der Waals surface area contributed by atoms with Crippen molar-refractivity contribution in [2.45, 2.75) is 0 Å². The topological polar surface area (TPSA) is 99.1 Å². The van der Waals surface area contributed by atoms with Gasteiger partial charge in [0.05, 0.1) is 24.5 Å². The van der Waals surface area contributed by atoms with E-state index in [1.165, 1.54) is 30.2 Å². The Morgan fingerprint density at radius 3 is 2.62 bits per heavy atom. The van der Waals surface area contributed by atoms with Crippen LogP contribution < -0.4 is 5.32 Å². The summed E-state index contributed by atoms with van der Waals surface area (Å²) in [5, 5.41) is 20.5. The van der Waals surface area contributed by atoms with Crippen molar-refractivity contribution in [1.82, 2.24) is 4.90 Å². The number of rotatable bonds is 7. The van der Waals surface area contributed by atoms with Crippen LogP contribution in [0.3, 0.4) is 0 Å². The number of aromatic carboxylic acids is 1. The minimum absolute atomic E-state index is 0.117. The number of carbonyl (C=O) groups is 2. The summed E-state index contributed by atoms with van der Waals surface area (Å²) in [6.45, 7) is 0.719. The summed E-state index contributed by atoms with van der Waals surface area (Å²) in [7, 11) is 1.52. The fourth-order valence-electron chi connectivity index (χ4n) is 1.58. The summed E-state index contributed by atoms with van der Waals surface area (Å²) in [5.74, 6) is -1.05. The molecule has 116 valence electrons. The minimum Gasteiger partial charge on any atom is -0.478 e. The van der Waals surface area contributed by atoms with Crippen molar-refractivity contribution in [2.75, 3.05) is 38.7 Å². The summed E-state index contributed by atoms with van der Waals surface area (Å²) in [6, 6.07) is 3.90. The van der Waals surface area contributed by atoms with Gasteiger partial charge < -0.3 is 25.2 Å². The molecule has 0 spiro atoms. The van der Waals surface area contributed by atoms with Gasteiger partial charge in [-0.05, 0) is 34.1 Å². The van der Waals surface area contributed by atoms with E-state index in [0.717, 1.165) is 0 Å². The highest BCUT2D eigenvalue weighted by Crippen LogP contribution is 2.24. The van der Waals surface area contributed by atoms with Crippen LogP contribution in [0.4, 0.5) is 10.5 Å². The molecule has 1 aromatic carbocycles. The number of nitrogens with one attached hydrogen (secondary N) is 1. The number of nitrogens with zero attached hydrogens (tertiary/aromatic N) is 1. The predicted octanol–water partition coefficient (Wildman–Crippen LogP) is 1.62. The second-order valence-corrected chi connectivity index (χ2v) is 4.99. The fraction of sp³-hybridized carbons (Fsp3) is 0.385. The number of carboxylic acids is 1. The number of aliphatic hydroxyl groups is 1. The molecule has 0 aliphatic heterocycles. The Bertz CT molecular complexity index is 509. The molecule has 0 atom stereocenters. The van der Waals surface area contributed by atoms with Crippen LogP contribution in [0.2, 0.25) is 0 Å². The molecule has 0 radical (unpaired) electrons. The summed E-state index contributed by atoms with van der Waals surface area (Å²) in [6.07, 6.45) is 0. The van der Waals surface area contributed by atoms with Crippen LogP contribution in [0.25, 0.3) is 0 Å². The summed E-state index contributed by atoms with van der Waals surface area (Å²) in [5.41, 5.74) is 0.567. The van der Waals surface area contributed by atoms with Gasteiger partial charge in [0.15, 0.2) is 0 Å². The number of carboxylic acid groups (broad SMARTS) is 1. The molecule has 0 aliphatic rings. The average Bonchev–Trinajstić information content (AvgIpc) is 2.45. The predicted molar refractivity (Wildman–Crippen MR) is 80.7 cm³/mol. The number of methoxy groups -OCH3 is 1. The monoisotopic (exact) mass is 360 g/mol. The Hall–Kier alpha value is -1.64. The first-order valence-corrected chi connectivity index (χ1v) is 6.97. The lowest BCUT2D eigenvalue weighted by molar-refractivity contribution is 0.0697. The Kier molecular flexibility index (Phi) is 7.13. The number of aliphatic hydroxyl groups excluding tert-OH is 1. The highest BCUT2D eigenvalue weighted by Gasteiger charge is 2.15. The van der Waals surface area contributed by atoms with Gasteiger partial charge in [-0.15, -0.1) is 0 Å². The van der Waals surface area contributed by atoms with Gasteiger partial charge in [0.1, 0.15) is 0 Å². The van der Waals surface area contributed by atoms with Gasteiger partial charge in [0.2, 0.25) is 0 Å². The zero-order valence-corrected chi connectivity index (χ0v) is 13.1. The summed E-state index contributed by atoms with van der Waals surface area (Å²) >= 11 is 3.21. The number of benzene rings is 1. The number of carbonyl (C=O) groups excluding carboxylic acids is 1. The standard InChI is InChI=1S/C13H17BrN2O5/c1-21-7-5-16(4-6-17)13(20)15-11-3-2-9(12(18)19)8-10(11)14/h2-3,8,17H,4-7H2,1H3,(H,15,20)(H,18,19). The van der Waals surface area contributed by atoms with Crippen molar-refractivity contribution in [3.8, 4) is 0 Å². The maximum atomic E-state index is 12.1. The highest BCUT2D eigenvalue weighted by molar-refractivity contribution is 9.10. The van der Waals surface area contributed by atoms with Crippen molar-refractivity contribution in [1.29, 1.82) is 0 Å². The molecular weight excluding hydrogens is 344 g/mol. The molecule has 1 aromatic rings. The van der Waals surface area contributed by atoms with Crippen LogP contribution in [-0.4, -0.2) is 60.5 Å². The van der Waals surface area contributed by atoms with Crippen LogP contribution >= 0.6 is 15.9 Å². The first-order valence-electron chi connectivity index (χ1n) is 6.18. The van der Waals surface area contributed by atoms with E-state index in [1.807, 2.05) is 0 Å². The SMILES string of the molecule is COCCN(CCO)C(=O)Nc1ccc(C(=O)O)cc1Br. The molecule has 0 saturated carbocycles. The maximum Gasteiger partial charge on any atom is 0.335 e. The number of halogens is 1. The molecule has 1 rings (SSSR count). The van der Waals surface area contributed by atoms with E-state index in [9.17, 15) is 9.59 Å².